The maximum absolute atomic E-state index is 14.0. The number of rotatable bonds is 9. The number of halogens is 2. The summed E-state index contributed by atoms with van der Waals surface area (Å²) in [6.45, 7) is 3.96. The van der Waals surface area contributed by atoms with Crippen LogP contribution in [0.5, 0.6) is 11.9 Å². The van der Waals surface area contributed by atoms with Crippen molar-refractivity contribution in [1.29, 1.82) is 0 Å². The van der Waals surface area contributed by atoms with Gasteiger partial charge in [0.15, 0.2) is 5.69 Å². The topological polar surface area (TPSA) is 179 Å². The summed E-state index contributed by atoms with van der Waals surface area (Å²) < 4.78 is 13.9. The van der Waals surface area contributed by atoms with Crippen LogP contribution in [-0.4, -0.2) is 66.4 Å². The van der Waals surface area contributed by atoms with Crippen LogP contribution in [0.25, 0.3) is 11.4 Å². The first-order chi connectivity index (χ1) is 21.8. The number of imidazole rings is 1. The molecule has 0 saturated heterocycles. The zero-order chi connectivity index (χ0) is 33.9. The van der Waals surface area contributed by atoms with Gasteiger partial charge in [0.2, 0.25) is 5.88 Å². The van der Waals surface area contributed by atoms with Gasteiger partial charge < -0.3 is 28.8 Å². The second-order valence-electron chi connectivity index (χ2n) is 10.3. The second kappa shape index (κ2) is 14.0. The lowest BCUT2D eigenvalue weighted by Crippen LogP contribution is -2.36. The Labute approximate surface area is 272 Å². The van der Waals surface area contributed by atoms with Gasteiger partial charge in [0, 0.05) is 30.5 Å². The number of fused-ring (bicyclic) bond motifs is 1. The van der Waals surface area contributed by atoms with Crippen molar-refractivity contribution < 1.29 is 34.1 Å². The van der Waals surface area contributed by atoms with Crippen LogP contribution in [-0.2, 0) is 16.6 Å². The van der Waals surface area contributed by atoms with E-state index < -0.39 is 23.9 Å². The average Bonchev–Trinajstić information content (AvgIpc) is 3.53. The number of hydrogen-bond acceptors (Lipinski definition) is 9. The van der Waals surface area contributed by atoms with E-state index in [9.17, 15) is 19.2 Å². The molecule has 1 atom stereocenters. The van der Waals surface area contributed by atoms with Crippen LogP contribution in [0, 0.1) is 0 Å². The predicted molar refractivity (Wildman–Crippen MR) is 168 cm³/mol. The van der Waals surface area contributed by atoms with Gasteiger partial charge in [0.25, 0.3) is 11.5 Å². The quantitative estimate of drug-likeness (QED) is 0.253. The minimum Gasteiger partial charge on any atom is -0.481 e. The zero-order valence-electron chi connectivity index (χ0n) is 25.4. The van der Waals surface area contributed by atoms with Crippen LogP contribution >= 0.6 is 23.2 Å². The van der Waals surface area contributed by atoms with Crippen molar-refractivity contribution in [3.63, 3.8) is 0 Å². The summed E-state index contributed by atoms with van der Waals surface area (Å²) >= 11 is 12.5. The molecule has 5 rings (SSSR count). The Hall–Kier alpha value is -4.95. The molecule has 2 N–H and O–H groups in total. The highest BCUT2D eigenvalue weighted by Gasteiger charge is 2.46. The van der Waals surface area contributed by atoms with Crippen molar-refractivity contribution in [1.82, 2.24) is 24.1 Å². The number of nitrogens with zero attached hydrogens (tertiary/aromatic N) is 6. The fourth-order valence-corrected chi connectivity index (χ4v) is 5.31. The molecule has 4 heterocycles. The molecule has 3 aromatic heterocycles. The highest BCUT2D eigenvalue weighted by Crippen LogP contribution is 2.45. The third-order valence-corrected chi connectivity index (χ3v) is 7.34. The number of benzene rings is 1. The van der Waals surface area contributed by atoms with E-state index >= 15 is 0 Å². The monoisotopic (exact) mass is 672 g/mol. The van der Waals surface area contributed by atoms with Gasteiger partial charge >= 0.3 is 17.9 Å². The number of methoxy groups -OCH3 is 2. The average molecular weight is 674 g/mol. The van der Waals surface area contributed by atoms with Gasteiger partial charge in [0.05, 0.1) is 43.3 Å². The molecule has 0 fully saturated rings. The molecule has 0 bridgehead atoms. The number of aliphatic carboxylic acids is 2. The standard InChI is InChI=1S/C26H24Cl2N6O4.C4H6O4/c1-13(2)33-21-19(30-22(33)17-11-29-26(38-5)31-23(17)37-4)25(36)34(18-10-16(28)12-32(3)24(18)35)20(21)14-6-8-15(27)9-7-14;5-3(6)1-2-4(7)8/h6-13,20H,1-5H3;1-2H2,(H,5,6)(H,7,8)/t20-;/m0./s1. The van der Waals surface area contributed by atoms with Crippen molar-refractivity contribution in [3.05, 3.63) is 80.1 Å². The van der Waals surface area contributed by atoms with Crippen LogP contribution in [0.3, 0.4) is 0 Å². The molecule has 0 aliphatic carbocycles. The molecule has 0 radical (unpaired) electrons. The molecule has 1 amide bonds. The van der Waals surface area contributed by atoms with Gasteiger partial charge in [-0.2, -0.15) is 4.98 Å². The van der Waals surface area contributed by atoms with E-state index in [0.29, 0.717) is 27.1 Å². The van der Waals surface area contributed by atoms with Crippen LogP contribution in [0.15, 0.2) is 47.5 Å². The maximum atomic E-state index is 14.0. The molecule has 242 valence electrons. The number of ether oxygens (including phenoxy) is 2. The minimum absolute atomic E-state index is 0.138. The molecular formula is C30H30Cl2N6O8. The van der Waals surface area contributed by atoms with Crippen LogP contribution < -0.4 is 19.9 Å². The summed E-state index contributed by atoms with van der Waals surface area (Å²) in [7, 11) is 4.53. The van der Waals surface area contributed by atoms with Gasteiger partial charge in [-0.25, -0.2) is 9.97 Å². The Bertz CT molecular complexity index is 1840. The predicted octanol–water partition coefficient (Wildman–Crippen LogP) is 4.63. The highest BCUT2D eigenvalue weighted by atomic mass is 35.5. The first-order valence-corrected chi connectivity index (χ1v) is 14.5. The van der Waals surface area contributed by atoms with Crippen molar-refractivity contribution in [2.75, 3.05) is 19.1 Å². The minimum atomic E-state index is -1.08. The third-order valence-electron chi connectivity index (χ3n) is 6.88. The number of carbonyl (C=O) groups is 3. The van der Waals surface area contributed by atoms with Crippen LogP contribution in [0.2, 0.25) is 10.0 Å². The van der Waals surface area contributed by atoms with Crippen molar-refractivity contribution >= 4 is 46.7 Å². The molecular weight excluding hydrogens is 643 g/mol. The molecule has 1 aliphatic heterocycles. The largest absolute Gasteiger partial charge is 0.481 e. The molecule has 1 aliphatic rings. The highest BCUT2D eigenvalue weighted by molar-refractivity contribution is 6.31. The van der Waals surface area contributed by atoms with E-state index in [0.717, 1.165) is 5.56 Å². The smallest absolute Gasteiger partial charge is 0.319 e. The molecule has 0 saturated carbocycles. The van der Waals surface area contributed by atoms with Crippen molar-refractivity contribution in [2.45, 2.75) is 38.8 Å². The molecule has 16 heteroatoms. The number of hydrogen-bond donors (Lipinski definition) is 2. The lowest BCUT2D eigenvalue weighted by atomic mass is 10.0. The summed E-state index contributed by atoms with van der Waals surface area (Å²) in [6.07, 6.45) is 2.46. The van der Waals surface area contributed by atoms with Gasteiger partial charge in [-0.05, 0) is 37.6 Å². The number of anilines is 1. The number of pyridine rings is 1. The fraction of sp³-hybridized carbons (Fsp3) is 0.300. The lowest BCUT2D eigenvalue weighted by Gasteiger charge is -2.28. The molecule has 0 unspecified atom stereocenters. The summed E-state index contributed by atoms with van der Waals surface area (Å²) in [5.74, 6) is -1.89. The van der Waals surface area contributed by atoms with E-state index in [1.54, 1.807) is 25.4 Å². The zero-order valence-corrected chi connectivity index (χ0v) is 26.9. The summed E-state index contributed by atoms with van der Waals surface area (Å²) in [6, 6.07) is 7.94. The number of aromatic nitrogens is 5. The van der Waals surface area contributed by atoms with Gasteiger partial charge in [0.1, 0.15) is 17.6 Å². The summed E-state index contributed by atoms with van der Waals surface area (Å²) in [5.41, 5.74) is 1.83. The Morgan fingerprint density at radius 3 is 2.15 bits per heavy atom. The number of carboxylic acid groups (broad SMARTS) is 2. The SMILES string of the molecule is COc1ncc(-c2nc3c(n2C(C)C)[C@H](c2ccc(Cl)cc2)N(c2cc(Cl)cn(C)c2=O)C3=O)c(OC)n1.O=C(O)CCC(=O)O. The molecule has 4 aromatic rings. The lowest BCUT2D eigenvalue weighted by molar-refractivity contribution is -0.143. The van der Waals surface area contributed by atoms with E-state index in [4.69, 9.17) is 47.9 Å². The van der Waals surface area contributed by atoms with Gasteiger partial charge in [-0.3, -0.25) is 24.1 Å². The molecule has 14 nitrogen and oxygen atoms in total. The van der Waals surface area contributed by atoms with E-state index in [1.165, 1.54) is 35.9 Å². The molecule has 1 aromatic carbocycles. The maximum Gasteiger partial charge on any atom is 0.319 e. The molecule has 46 heavy (non-hydrogen) atoms. The number of carboxylic acids is 2. The first kappa shape index (κ1) is 33.9. The van der Waals surface area contributed by atoms with Crippen molar-refractivity contribution in [3.8, 4) is 23.3 Å². The van der Waals surface area contributed by atoms with E-state index in [1.807, 2.05) is 30.5 Å². The summed E-state index contributed by atoms with van der Waals surface area (Å²) in [4.78, 5) is 61.3. The number of amides is 1. The Morgan fingerprint density at radius 2 is 1.61 bits per heavy atom. The van der Waals surface area contributed by atoms with Gasteiger partial charge in [-0.1, -0.05) is 35.3 Å². The van der Waals surface area contributed by atoms with Crippen LogP contribution in [0.1, 0.15) is 60.5 Å². The summed E-state index contributed by atoms with van der Waals surface area (Å²) in [5, 5.41) is 16.7. The normalized spacial score (nSPS) is 13.7. The Morgan fingerprint density at radius 1 is 0.978 bits per heavy atom. The van der Waals surface area contributed by atoms with Crippen LogP contribution in [0.4, 0.5) is 5.69 Å². The van der Waals surface area contributed by atoms with Gasteiger partial charge in [-0.15, -0.1) is 0 Å². The molecule has 0 spiro atoms. The van der Waals surface area contributed by atoms with E-state index in [2.05, 4.69) is 9.97 Å². The second-order valence-corrected chi connectivity index (χ2v) is 11.2. The third kappa shape index (κ3) is 6.82. The van der Waals surface area contributed by atoms with E-state index in [-0.39, 0.29) is 47.7 Å². The fourth-order valence-electron chi connectivity index (χ4n) is 4.93. The first-order valence-electron chi connectivity index (χ1n) is 13.7. The Kier molecular flexibility index (Phi) is 10.3. The Balaban J connectivity index is 0.000000533. The van der Waals surface area contributed by atoms with Crippen molar-refractivity contribution in [2.24, 2.45) is 7.05 Å². The number of carbonyl (C=O) groups excluding carboxylic acids is 1. The number of aryl methyl sites for hydroxylation is 1.